The van der Waals surface area contributed by atoms with Crippen LogP contribution in [-0.2, 0) is 19.1 Å². The summed E-state index contributed by atoms with van der Waals surface area (Å²) in [5.74, 6) is -0.384. The van der Waals surface area contributed by atoms with E-state index in [1.807, 2.05) is 0 Å². The highest BCUT2D eigenvalue weighted by atomic mass is 16.5. The first-order valence-corrected chi connectivity index (χ1v) is 5.87. The van der Waals surface area contributed by atoms with Crippen LogP contribution in [0.4, 0.5) is 0 Å². The molecule has 1 amide bonds. The summed E-state index contributed by atoms with van der Waals surface area (Å²) >= 11 is 0. The normalized spacial score (nSPS) is 23.4. The molecule has 1 aliphatic heterocycles. The Morgan fingerprint density at radius 2 is 2.24 bits per heavy atom. The van der Waals surface area contributed by atoms with Crippen LogP contribution in [-0.4, -0.2) is 44.3 Å². The van der Waals surface area contributed by atoms with E-state index in [4.69, 9.17) is 10.5 Å². The number of nitrogens with two attached hydrogens (primary N) is 1. The Bertz CT molecular complexity index is 270. The van der Waals surface area contributed by atoms with Crippen molar-refractivity contribution in [1.82, 2.24) is 5.32 Å². The first-order chi connectivity index (χ1) is 8.17. The number of hydrogen-bond donors (Lipinski definition) is 2. The Labute approximate surface area is 101 Å². The van der Waals surface area contributed by atoms with Crippen LogP contribution in [0.15, 0.2) is 0 Å². The maximum atomic E-state index is 11.6. The van der Waals surface area contributed by atoms with Crippen LogP contribution in [0.2, 0.25) is 0 Å². The van der Waals surface area contributed by atoms with Crippen molar-refractivity contribution in [3.63, 3.8) is 0 Å². The summed E-state index contributed by atoms with van der Waals surface area (Å²) in [6, 6.07) is 0. The summed E-state index contributed by atoms with van der Waals surface area (Å²) in [6.45, 7) is 0.910. The van der Waals surface area contributed by atoms with Crippen molar-refractivity contribution in [2.45, 2.75) is 37.9 Å². The van der Waals surface area contributed by atoms with Gasteiger partial charge in [-0.05, 0) is 19.3 Å². The van der Waals surface area contributed by atoms with Gasteiger partial charge >= 0.3 is 5.97 Å². The molecule has 1 heterocycles. The van der Waals surface area contributed by atoms with Gasteiger partial charge in [0.25, 0.3) is 0 Å². The van der Waals surface area contributed by atoms with Gasteiger partial charge < -0.3 is 20.5 Å². The second-order valence-corrected chi connectivity index (χ2v) is 4.03. The molecule has 0 aromatic heterocycles. The van der Waals surface area contributed by atoms with Gasteiger partial charge in [0.1, 0.15) is 6.10 Å². The highest BCUT2D eigenvalue weighted by Gasteiger charge is 2.29. The number of carbonyl (C=O) groups excluding carboxylic acids is 2. The Balaban J connectivity index is 2.11. The van der Waals surface area contributed by atoms with Crippen LogP contribution in [0.25, 0.3) is 0 Å². The molecule has 2 atom stereocenters. The molecule has 0 spiro atoms. The number of hydrogen-bond acceptors (Lipinski definition) is 5. The summed E-state index contributed by atoms with van der Waals surface area (Å²) in [4.78, 5) is 22.4. The number of esters is 1. The van der Waals surface area contributed by atoms with Gasteiger partial charge in [0.15, 0.2) is 0 Å². The fourth-order valence-corrected chi connectivity index (χ4v) is 1.73. The number of methoxy groups -OCH3 is 1. The molecule has 1 fully saturated rings. The van der Waals surface area contributed by atoms with Crippen molar-refractivity contribution in [3.8, 4) is 0 Å². The number of amides is 1. The van der Waals surface area contributed by atoms with Gasteiger partial charge in [-0.1, -0.05) is 0 Å². The van der Waals surface area contributed by atoms with Crippen molar-refractivity contribution in [3.05, 3.63) is 0 Å². The Morgan fingerprint density at radius 1 is 1.47 bits per heavy atom. The fraction of sp³-hybridized carbons (Fsp3) is 0.818. The molecule has 1 aliphatic rings. The molecule has 0 aromatic rings. The number of rotatable bonds is 6. The van der Waals surface area contributed by atoms with Crippen LogP contribution < -0.4 is 11.1 Å². The molecule has 6 heteroatoms. The summed E-state index contributed by atoms with van der Waals surface area (Å²) in [6.07, 6.45) is 2.04. The quantitative estimate of drug-likeness (QED) is 0.488. The molecule has 6 nitrogen and oxygen atoms in total. The zero-order valence-corrected chi connectivity index (χ0v) is 10.1. The molecule has 0 aromatic carbocycles. The lowest BCUT2D eigenvalue weighted by Gasteiger charge is -2.12. The van der Waals surface area contributed by atoms with E-state index in [1.165, 1.54) is 7.11 Å². The lowest BCUT2D eigenvalue weighted by atomic mass is 10.2. The van der Waals surface area contributed by atoms with Gasteiger partial charge in [0.05, 0.1) is 13.2 Å². The molecule has 0 saturated carbocycles. The van der Waals surface area contributed by atoms with Crippen LogP contribution >= 0.6 is 0 Å². The molecule has 1 saturated heterocycles. The summed E-state index contributed by atoms with van der Waals surface area (Å²) in [5.41, 5.74) is 5.46. The lowest BCUT2D eigenvalue weighted by molar-refractivity contribution is -0.141. The minimum Gasteiger partial charge on any atom is -0.469 e. The monoisotopic (exact) mass is 244 g/mol. The minimum atomic E-state index is -0.387. The third-order valence-corrected chi connectivity index (χ3v) is 2.75. The Hall–Kier alpha value is -1.14. The number of carbonyl (C=O) groups is 2. The fourth-order valence-electron chi connectivity index (χ4n) is 1.73. The minimum absolute atomic E-state index is 0.000758. The van der Waals surface area contributed by atoms with Crippen LogP contribution in [0, 0.1) is 0 Å². The predicted molar refractivity (Wildman–Crippen MR) is 61.2 cm³/mol. The van der Waals surface area contributed by atoms with Crippen molar-refractivity contribution < 1.29 is 19.1 Å². The van der Waals surface area contributed by atoms with Crippen LogP contribution in [0.3, 0.4) is 0 Å². The Morgan fingerprint density at radius 3 is 2.82 bits per heavy atom. The zero-order valence-electron chi connectivity index (χ0n) is 10.1. The SMILES string of the molecule is COC(=O)CCCNC(=O)[C@@H]1CC[C@H](CN)O1. The first-order valence-electron chi connectivity index (χ1n) is 5.87. The summed E-state index contributed by atoms with van der Waals surface area (Å²) < 4.78 is 9.94. The van der Waals surface area contributed by atoms with E-state index in [0.717, 1.165) is 6.42 Å². The first kappa shape index (κ1) is 13.9. The van der Waals surface area contributed by atoms with E-state index in [1.54, 1.807) is 0 Å². The van der Waals surface area contributed by atoms with Crippen LogP contribution in [0.5, 0.6) is 0 Å². The van der Waals surface area contributed by atoms with E-state index in [0.29, 0.717) is 32.4 Å². The van der Waals surface area contributed by atoms with E-state index in [2.05, 4.69) is 10.1 Å². The third-order valence-electron chi connectivity index (χ3n) is 2.75. The second kappa shape index (κ2) is 7.24. The highest BCUT2D eigenvalue weighted by Crippen LogP contribution is 2.18. The molecule has 0 unspecified atom stereocenters. The second-order valence-electron chi connectivity index (χ2n) is 4.03. The highest BCUT2D eigenvalue weighted by molar-refractivity contribution is 5.81. The maximum Gasteiger partial charge on any atom is 0.305 e. The van der Waals surface area contributed by atoms with E-state index in [-0.39, 0.29) is 24.1 Å². The van der Waals surface area contributed by atoms with Gasteiger partial charge in [-0.25, -0.2) is 0 Å². The van der Waals surface area contributed by atoms with Crippen molar-refractivity contribution >= 4 is 11.9 Å². The molecule has 98 valence electrons. The molecule has 0 aliphatic carbocycles. The van der Waals surface area contributed by atoms with Crippen LogP contribution in [0.1, 0.15) is 25.7 Å². The average molecular weight is 244 g/mol. The van der Waals surface area contributed by atoms with Gasteiger partial charge in [-0.3, -0.25) is 9.59 Å². The number of ether oxygens (including phenoxy) is 2. The van der Waals surface area contributed by atoms with Gasteiger partial charge in [0, 0.05) is 19.5 Å². The van der Waals surface area contributed by atoms with E-state index < -0.39 is 0 Å². The lowest BCUT2D eigenvalue weighted by Crippen LogP contribution is -2.36. The topological polar surface area (TPSA) is 90.7 Å². The van der Waals surface area contributed by atoms with Gasteiger partial charge in [-0.15, -0.1) is 0 Å². The van der Waals surface area contributed by atoms with Gasteiger partial charge in [0.2, 0.25) is 5.91 Å². The molecule has 1 rings (SSSR count). The Kier molecular flexibility index (Phi) is 5.93. The molecular weight excluding hydrogens is 224 g/mol. The third kappa shape index (κ3) is 4.70. The maximum absolute atomic E-state index is 11.6. The van der Waals surface area contributed by atoms with E-state index >= 15 is 0 Å². The van der Waals surface area contributed by atoms with Crippen molar-refractivity contribution in [2.75, 3.05) is 20.2 Å². The average Bonchev–Trinajstić information content (AvgIpc) is 2.82. The number of nitrogens with one attached hydrogen (secondary N) is 1. The molecule has 17 heavy (non-hydrogen) atoms. The summed E-state index contributed by atoms with van der Waals surface area (Å²) in [5, 5.41) is 2.74. The molecule has 0 bridgehead atoms. The van der Waals surface area contributed by atoms with Crippen molar-refractivity contribution in [1.29, 1.82) is 0 Å². The molecule has 3 N–H and O–H groups in total. The zero-order chi connectivity index (χ0) is 12.7. The standard InChI is InChI=1S/C11H20N2O4/c1-16-10(14)3-2-6-13-11(15)9-5-4-8(7-12)17-9/h8-9H,2-7,12H2,1H3,(H,13,15)/t8-,9+/m1/s1. The summed E-state index contributed by atoms with van der Waals surface area (Å²) in [7, 11) is 1.35. The molecular formula is C11H20N2O4. The predicted octanol–water partition coefficient (Wildman–Crippen LogP) is -0.438. The largest absolute Gasteiger partial charge is 0.469 e. The molecule has 0 radical (unpaired) electrons. The van der Waals surface area contributed by atoms with Crippen molar-refractivity contribution in [2.24, 2.45) is 5.73 Å². The smallest absolute Gasteiger partial charge is 0.305 e. The van der Waals surface area contributed by atoms with Gasteiger partial charge in [-0.2, -0.15) is 0 Å². The van der Waals surface area contributed by atoms with E-state index in [9.17, 15) is 9.59 Å².